The van der Waals surface area contributed by atoms with E-state index in [9.17, 15) is 4.79 Å². The van der Waals surface area contributed by atoms with Crippen LogP contribution in [0.4, 0.5) is 5.69 Å². The van der Waals surface area contributed by atoms with E-state index in [4.69, 9.17) is 5.73 Å². The number of hydrogen-bond donors (Lipinski definition) is 2. The van der Waals surface area contributed by atoms with E-state index in [0.717, 1.165) is 6.42 Å². The zero-order chi connectivity index (χ0) is 12.0. The number of nitrogens with two attached hydrogens (primary N) is 1. The van der Waals surface area contributed by atoms with Gasteiger partial charge < -0.3 is 11.1 Å². The molecule has 16 heavy (non-hydrogen) atoms. The summed E-state index contributed by atoms with van der Waals surface area (Å²) >= 11 is 3.27. The number of anilines is 1. The Morgan fingerprint density at radius 3 is 3.00 bits per heavy atom. The van der Waals surface area contributed by atoms with E-state index in [1.54, 1.807) is 18.3 Å². The van der Waals surface area contributed by atoms with Crippen LogP contribution in [-0.2, 0) is 4.79 Å². The number of carbonyl (C=O) groups is 1. The van der Waals surface area contributed by atoms with Gasteiger partial charge in [0.05, 0.1) is 5.69 Å². The molecule has 1 unspecified atom stereocenters. The molecule has 0 spiro atoms. The molecule has 5 heteroatoms. The van der Waals surface area contributed by atoms with E-state index in [0.29, 0.717) is 23.3 Å². The highest BCUT2D eigenvalue weighted by Crippen LogP contribution is 2.19. The quantitative estimate of drug-likeness (QED) is 0.815. The number of pyridine rings is 1. The van der Waals surface area contributed by atoms with E-state index in [1.807, 2.05) is 6.92 Å². The molecule has 0 radical (unpaired) electrons. The second-order valence-corrected chi connectivity index (χ2v) is 4.36. The molecule has 1 rings (SSSR count). The van der Waals surface area contributed by atoms with Crippen molar-refractivity contribution >= 4 is 27.5 Å². The summed E-state index contributed by atoms with van der Waals surface area (Å²) in [5.41, 5.74) is 6.25. The van der Waals surface area contributed by atoms with Gasteiger partial charge in [0, 0.05) is 12.6 Å². The minimum Gasteiger partial charge on any atom is -0.330 e. The zero-order valence-corrected chi connectivity index (χ0v) is 10.8. The molecule has 0 aliphatic carbocycles. The summed E-state index contributed by atoms with van der Waals surface area (Å²) in [5, 5.41) is 2.81. The van der Waals surface area contributed by atoms with Crippen LogP contribution < -0.4 is 11.1 Å². The van der Waals surface area contributed by atoms with Gasteiger partial charge in [0.25, 0.3) is 0 Å². The Morgan fingerprint density at radius 1 is 1.69 bits per heavy atom. The summed E-state index contributed by atoms with van der Waals surface area (Å²) in [6.45, 7) is 2.57. The SMILES string of the molecule is CCC(CN)CC(=O)Nc1cccnc1Br. The number of amides is 1. The fraction of sp³-hybridized carbons (Fsp3) is 0.455. The molecule has 1 atom stereocenters. The first-order valence-corrected chi connectivity index (χ1v) is 6.07. The van der Waals surface area contributed by atoms with Crippen LogP contribution in [0, 0.1) is 5.92 Å². The highest BCUT2D eigenvalue weighted by atomic mass is 79.9. The molecule has 0 fully saturated rings. The summed E-state index contributed by atoms with van der Waals surface area (Å²) < 4.78 is 0.643. The Bertz CT molecular complexity index is 353. The van der Waals surface area contributed by atoms with Gasteiger partial charge in [0.1, 0.15) is 4.60 Å². The second kappa shape index (κ2) is 6.60. The monoisotopic (exact) mass is 285 g/mol. The fourth-order valence-corrected chi connectivity index (χ4v) is 1.69. The van der Waals surface area contributed by atoms with E-state index in [-0.39, 0.29) is 11.8 Å². The maximum Gasteiger partial charge on any atom is 0.224 e. The standard InChI is InChI=1S/C11H16BrN3O/c1-2-8(7-13)6-10(16)15-9-4-3-5-14-11(9)12/h3-5,8H,2,6-7,13H2,1H3,(H,15,16). The number of halogens is 1. The lowest BCUT2D eigenvalue weighted by Crippen LogP contribution is -2.21. The van der Waals surface area contributed by atoms with Gasteiger partial charge in [0.2, 0.25) is 5.91 Å². The highest BCUT2D eigenvalue weighted by Gasteiger charge is 2.11. The van der Waals surface area contributed by atoms with Crippen molar-refractivity contribution in [3.8, 4) is 0 Å². The second-order valence-electron chi connectivity index (χ2n) is 3.60. The van der Waals surface area contributed by atoms with Crippen LogP contribution in [0.5, 0.6) is 0 Å². The summed E-state index contributed by atoms with van der Waals surface area (Å²) in [4.78, 5) is 15.7. The molecule has 0 aromatic carbocycles. The first kappa shape index (κ1) is 13.1. The number of nitrogens with one attached hydrogen (secondary N) is 1. The molecular weight excluding hydrogens is 270 g/mol. The van der Waals surface area contributed by atoms with Crippen molar-refractivity contribution in [2.45, 2.75) is 19.8 Å². The molecule has 0 saturated carbocycles. The number of hydrogen-bond acceptors (Lipinski definition) is 3. The Labute approximate surface area is 104 Å². The predicted octanol–water partition coefficient (Wildman–Crippen LogP) is 2.16. The molecule has 1 amide bonds. The summed E-state index contributed by atoms with van der Waals surface area (Å²) in [6.07, 6.45) is 3.03. The van der Waals surface area contributed by atoms with E-state index < -0.39 is 0 Å². The van der Waals surface area contributed by atoms with Crippen molar-refractivity contribution in [2.75, 3.05) is 11.9 Å². The molecule has 88 valence electrons. The van der Waals surface area contributed by atoms with Gasteiger partial charge in [-0.25, -0.2) is 4.98 Å². The smallest absolute Gasteiger partial charge is 0.224 e. The lowest BCUT2D eigenvalue weighted by Gasteiger charge is -2.12. The zero-order valence-electron chi connectivity index (χ0n) is 9.24. The molecule has 0 aliphatic heterocycles. The van der Waals surface area contributed by atoms with Gasteiger partial charge in [-0.1, -0.05) is 13.3 Å². The Balaban J connectivity index is 2.55. The maximum absolute atomic E-state index is 11.7. The average molecular weight is 286 g/mol. The minimum absolute atomic E-state index is 0.0222. The third-order valence-electron chi connectivity index (χ3n) is 2.42. The van der Waals surface area contributed by atoms with E-state index >= 15 is 0 Å². The van der Waals surface area contributed by atoms with Crippen molar-refractivity contribution in [1.82, 2.24) is 4.98 Å². The van der Waals surface area contributed by atoms with Crippen LogP contribution in [0.2, 0.25) is 0 Å². The Kier molecular flexibility index (Phi) is 5.42. The Hall–Kier alpha value is -0.940. The van der Waals surface area contributed by atoms with Crippen molar-refractivity contribution < 1.29 is 4.79 Å². The Morgan fingerprint density at radius 2 is 2.44 bits per heavy atom. The summed E-state index contributed by atoms with van der Waals surface area (Å²) in [7, 11) is 0. The third kappa shape index (κ3) is 3.90. The van der Waals surface area contributed by atoms with Gasteiger partial charge in [-0.2, -0.15) is 0 Å². The van der Waals surface area contributed by atoms with Crippen molar-refractivity contribution in [1.29, 1.82) is 0 Å². The van der Waals surface area contributed by atoms with Crippen molar-refractivity contribution in [3.05, 3.63) is 22.9 Å². The number of carbonyl (C=O) groups excluding carboxylic acids is 1. The normalized spacial score (nSPS) is 12.2. The largest absolute Gasteiger partial charge is 0.330 e. The molecule has 4 nitrogen and oxygen atoms in total. The number of rotatable bonds is 5. The summed E-state index contributed by atoms with van der Waals surface area (Å²) in [6, 6.07) is 3.58. The van der Waals surface area contributed by atoms with Crippen LogP contribution in [0.1, 0.15) is 19.8 Å². The van der Waals surface area contributed by atoms with Crippen LogP contribution in [-0.4, -0.2) is 17.4 Å². The molecule has 0 saturated heterocycles. The molecule has 1 aromatic heterocycles. The molecule has 0 bridgehead atoms. The minimum atomic E-state index is -0.0222. The van der Waals surface area contributed by atoms with Gasteiger partial charge in [0.15, 0.2) is 0 Å². The molecule has 1 heterocycles. The maximum atomic E-state index is 11.7. The van der Waals surface area contributed by atoms with Crippen LogP contribution in [0.25, 0.3) is 0 Å². The van der Waals surface area contributed by atoms with Gasteiger partial charge in [-0.15, -0.1) is 0 Å². The molecule has 1 aromatic rings. The summed E-state index contributed by atoms with van der Waals surface area (Å²) in [5.74, 6) is 0.224. The van der Waals surface area contributed by atoms with Gasteiger partial charge in [-0.05, 0) is 40.5 Å². The highest BCUT2D eigenvalue weighted by molar-refractivity contribution is 9.10. The average Bonchev–Trinajstić information content (AvgIpc) is 2.29. The van der Waals surface area contributed by atoms with Crippen LogP contribution >= 0.6 is 15.9 Å². The lowest BCUT2D eigenvalue weighted by molar-refractivity contribution is -0.117. The van der Waals surface area contributed by atoms with Crippen molar-refractivity contribution in [2.24, 2.45) is 11.7 Å². The number of nitrogens with zero attached hydrogens (tertiary/aromatic N) is 1. The van der Waals surface area contributed by atoms with E-state index in [2.05, 4.69) is 26.2 Å². The van der Waals surface area contributed by atoms with Gasteiger partial charge in [-0.3, -0.25) is 4.79 Å². The van der Waals surface area contributed by atoms with Crippen molar-refractivity contribution in [3.63, 3.8) is 0 Å². The lowest BCUT2D eigenvalue weighted by atomic mass is 10.0. The van der Waals surface area contributed by atoms with Gasteiger partial charge >= 0.3 is 0 Å². The van der Waals surface area contributed by atoms with Crippen LogP contribution in [0.3, 0.4) is 0 Å². The molecular formula is C11H16BrN3O. The first-order valence-electron chi connectivity index (χ1n) is 5.27. The topological polar surface area (TPSA) is 68.0 Å². The van der Waals surface area contributed by atoms with E-state index in [1.165, 1.54) is 0 Å². The first-order chi connectivity index (χ1) is 7.67. The molecule has 0 aliphatic rings. The number of aromatic nitrogens is 1. The van der Waals surface area contributed by atoms with Crippen LogP contribution in [0.15, 0.2) is 22.9 Å². The third-order valence-corrected chi connectivity index (χ3v) is 3.05. The molecule has 3 N–H and O–H groups in total. The predicted molar refractivity (Wildman–Crippen MR) is 68.0 cm³/mol. The fourth-order valence-electron chi connectivity index (χ4n) is 1.34.